The molecule has 0 radical (unpaired) electrons. The van der Waals surface area contributed by atoms with Crippen LogP contribution in [0.5, 0.6) is 5.75 Å². The lowest BCUT2D eigenvalue weighted by atomic mass is 10.2. The van der Waals surface area contributed by atoms with Crippen molar-refractivity contribution in [2.45, 2.75) is 32.8 Å². The van der Waals surface area contributed by atoms with Gasteiger partial charge in [-0.2, -0.15) is 0 Å². The fraction of sp³-hybridized carbons (Fsp3) is 0.500. The second-order valence-electron chi connectivity index (χ2n) is 5.11. The van der Waals surface area contributed by atoms with Crippen LogP contribution in [0.1, 0.15) is 27.2 Å². The summed E-state index contributed by atoms with van der Waals surface area (Å²) in [5, 5.41) is 3.18. The third-order valence-corrected chi connectivity index (χ3v) is 2.93. The summed E-state index contributed by atoms with van der Waals surface area (Å²) < 4.78 is 11.3. The van der Waals surface area contributed by atoms with Gasteiger partial charge in [-0.05, 0) is 48.8 Å². The standard InChI is InChI=1S/C14H20BrNO3/c1-14(2,3)19-13(17)7-8-16-12-9-10(18-4)5-6-11(12)15/h5-6,9,16H,7-8H2,1-4H3. The van der Waals surface area contributed by atoms with E-state index in [-0.39, 0.29) is 5.97 Å². The summed E-state index contributed by atoms with van der Waals surface area (Å²) in [5.41, 5.74) is 0.455. The Morgan fingerprint density at radius 3 is 2.63 bits per heavy atom. The molecule has 0 amide bonds. The largest absolute Gasteiger partial charge is 0.497 e. The second-order valence-corrected chi connectivity index (χ2v) is 5.96. The number of methoxy groups -OCH3 is 1. The molecule has 5 heteroatoms. The van der Waals surface area contributed by atoms with Gasteiger partial charge in [0, 0.05) is 17.1 Å². The van der Waals surface area contributed by atoms with Gasteiger partial charge in [-0.25, -0.2) is 0 Å². The number of halogens is 1. The first kappa shape index (κ1) is 15.8. The molecule has 1 aromatic rings. The summed E-state index contributed by atoms with van der Waals surface area (Å²) in [4.78, 5) is 11.6. The number of hydrogen-bond acceptors (Lipinski definition) is 4. The van der Waals surface area contributed by atoms with Crippen LogP contribution >= 0.6 is 15.9 Å². The minimum Gasteiger partial charge on any atom is -0.497 e. The van der Waals surface area contributed by atoms with Crippen molar-refractivity contribution in [3.8, 4) is 5.75 Å². The molecule has 0 aliphatic carbocycles. The molecule has 0 atom stereocenters. The summed E-state index contributed by atoms with van der Waals surface area (Å²) in [6.45, 7) is 6.09. The Kier molecular flexibility index (Phi) is 5.66. The van der Waals surface area contributed by atoms with Crippen LogP contribution in [0.2, 0.25) is 0 Å². The van der Waals surface area contributed by atoms with Gasteiger partial charge in [0.15, 0.2) is 0 Å². The predicted octanol–water partition coefficient (Wildman–Crippen LogP) is 3.60. The van der Waals surface area contributed by atoms with Gasteiger partial charge < -0.3 is 14.8 Å². The number of rotatable bonds is 5. The lowest BCUT2D eigenvalue weighted by molar-refractivity contribution is -0.154. The molecule has 106 valence electrons. The van der Waals surface area contributed by atoms with Crippen LogP contribution in [0.4, 0.5) is 5.69 Å². The number of anilines is 1. The molecule has 4 nitrogen and oxygen atoms in total. The van der Waals surface area contributed by atoms with E-state index in [1.54, 1.807) is 7.11 Å². The molecule has 1 N–H and O–H groups in total. The molecule has 0 aliphatic heterocycles. The van der Waals surface area contributed by atoms with Crippen molar-refractivity contribution in [1.29, 1.82) is 0 Å². The van der Waals surface area contributed by atoms with Crippen molar-refractivity contribution in [3.05, 3.63) is 22.7 Å². The molecule has 0 saturated carbocycles. The summed E-state index contributed by atoms with van der Waals surface area (Å²) in [5.74, 6) is 0.557. The average Bonchev–Trinajstić information content (AvgIpc) is 2.29. The second kappa shape index (κ2) is 6.80. The molecular formula is C14H20BrNO3. The van der Waals surface area contributed by atoms with Gasteiger partial charge in [0.2, 0.25) is 0 Å². The SMILES string of the molecule is COc1ccc(Br)c(NCCC(=O)OC(C)(C)C)c1. The minimum atomic E-state index is -0.437. The Bertz CT molecular complexity index is 441. The highest BCUT2D eigenvalue weighted by molar-refractivity contribution is 9.10. The van der Waals surface area contributed by atoms with Crippen molar-refractivity contribution in [1.82, 2.24) is 0 Å². The summed E-state index contributed by atoms with van der Waals surface area (Å²) in [6.07, 6.45) is 0.320. The van der Waals surface area contributed by atoms with Crippen molar-refractivity contribution in [2.24, 2.45) is 0 Å². The predicted molar refractivity (Wildman–Crippen MR) is 79.6 cm³/mol. The summed E-state index contributed by atoms with van der Waals surface area (Å²) in [7, 11) is 1.62. The van der Waals surface area contributed by atoms with Crippen molar-refractivity contribution >= 4 is 27.6 Å². The monoisotopic (exact) mass is 329 g/mol. The molecule has 1 rings (SSSR count). The first-order valence-electron chi connectivity index (χ1n) is 6.11. The van der Waals surface area contributed by atoms with E-state index in [1.807, 2.05) is 39.0 Å². The molecule has 0 aromatic heterocycles. The molecule has 0 bridgehead atoms. The lowest BCUT2D eigenvalue weighted by Gasteiger charge is -2.19. The third kappa shape index (κ3) is 5.96. The Morgan fingerprint density at radius 1 is 1.37 bits per heavy atom. The topological polar surface area (TPSA) is 47.6 Å². The number of nitrogens with one attached hydrogen (secondary N) is 1. The van der Waals surface area contributed by atoms with Crippen molar-refractivity contribution in [2.75, 3.05) is 19.0 Å². The van der Waals surface area contributed by atoms with E-state index < -0.39 is 5.60 Å². The van der Waals surface area contributed by atoms with E-state index in [4.69, 9.17) is 9.47 Å². The normalized spacial score (nSPS) is 11.0. The fourth-order valence-electron chi connectivity index (χ4n) is 1.46. The molecule has 0 fully saturated rings. The fourth-order valence-corrected chi connectivity index (χ4v) is 1.85. The first-order chi connectivity index (χ1) is 8.81. The van der Waals surface area contributed by atoms with Gasteiger partial charge in [0.1, 0.15) is 11.4 Å². The zero-order valence-electron chi connectivity index (χ0n) is 11.7. The van der Waals surface area contributed by atoms with Gasteiger partial charge in [-0.3, -0.25) is 4.79 Å². The third-order valence-electron chi connectivity index (χ3n) is 2.24. The Hall–Kier alpha value is -1.23. The quantitative estimate of drug-likeness (QED) is 0.838. The van der Waals surface area contributed by atoms with E-state index in [9.17, 15) is 4.79 Å². The zero-order chi connectivity index (χ0) is 14.5. The van der Waals surface area contributed by atoms with Gasteiger partial charge >= 0.3 is 5.97 Å². The number of benzene rings is 1. The van der Waals surface area contributed by atoms with Crippen molar-refractivity contribution in [3.63, 3.8) is 0 Å². The van der Waals surface area contributed by atoms with E-state index in [2.05, 4.69) is 21.2 Å². The van der Waals surface area contributed by atoms with Crippen LogP contribution in [-0.2, 0) is 9.53 Å². The van der Waals surface area contributed by atoms with Gasteiger partial charge in [0.05, 0.1) is 19.2 Å². The molecule has 19 heavy (non-hydrogen) atoms. The van der Waals surface area contributed by atoms with E-state index in [0.717, 1.165) is 15.9 Å². The van der Waals surface area contributed by atoms with E-state index >= 15 is 0 Å². The Labute approximate surface area is 122 Å². The maximum atomic E-state index is 11.6. The average molecular weight is 330 g/mol. The smallest absolute Gasteiger partial charge is 0.308 e. The summed E-state index contributed by atoms with van der Waals surface area (Å²) in [6, 6.07) is 5.64. The van der Waals surface area contributed by atoms with E-state index in [1.165, 1.54) is 0 Å². The van der Waals surface area contributed by atoms with Crippen LogP contribution in [-0.4, -0.2) is 25.2 Å². The van der Waals surface area contributed by atoms with Crippen molar-refractivity contribution < 1.29 is 14.3 Å². The maximum absolute atomic E-state index is 11.6. The van der Waals surface area contributed by atoms with Gasteiger partial charge in [-0.1, -0.05) is 0 Å². The molecule has 0 spiro atoms. The number of hydrogen-bond donors (Lipinski definition) is 1. The number of carbonyl (C=O) groups excluding carboxylic acids is 1. The molecule has 0 aliphatic rings. The first-order valence-corrected chi connectivity index (χ1v) is 6.90. The highest BCUT2D eigenvalue weighted by Crippen LogP contribution is 2.27. The van der Waals surface area contributed by atoms with Crippen LogP contribution in [0.15, 0.2) is 22.7 Å². The number of ether oxygens (including phenoxy) is 2. The van der Waals surface area contributed by atoms with Crippen LogP contribution in [0, 0.1) is 0 Å². The van der Waals surface area contributed by atoms with Crippen LogP contribution in [0.3, 0.4) is 0 Å². The molecule has 1 aromatic carbocycles. The highest BCUT2D eigenvalue weighted by Gasteiger charge is 2.15. The molecule has 0 saturated heterocycles. The van der Waals surface area contributed by atoms with Crippen LogP contribution < -0.4 is 10.1 Å². The molecule has 0 unspecified atom stereocenters. The maximum Gasteiger partial charge on any atom is 0.308 e. The number of esters is 1. The molecule has 0 heterocycles. The highest BCUT2D eigenvalue weighted by atomic mass is 79.9. The zero-order valence-corrected chi connectivity index (χ0v) is 13.3. The number of carbonyl (C=O) groups is 1. The lowest BCUT2D eigenvalue weighted by Crippen LogP contribution is -2.25. The van der Waals surface area contributed by atoms with E-state index in [0.29, 0.717) is 13.0 Å². The van der Waals surface area contributed by atoms with Crippen LogP contribution in [0.25, 0.3) is 0 Å². The Balaban J connectivity index is 2.47. The van der Waals surface area contributed by atoms with Gasteiger partial charge in [-0.15, -0.1) is 0 Å². The Morgan fingerprint density at radius 2 is 2.05 bits per heavy atom. The summed E-state index contributed by atoms with van der Waals surface area (Å²) >= 11 is 3.44. The minimum absolute atomic E-state index is 0.209. The molecular weight excluding hydrogens is 310 g/mol. The van der Waals surface area contributed by atoms with Gasteiger partial charge in [0.25, 0.3) is 0 Å².